The van der Waals surface area contributed by atoms with Crippen LogP contribution in [0.15, 0.2) is 48.5 Å². The zero-order valence-corrected chi connectivity index (χ0v) is 16.0. The minimum Gasteiger partial charge on any atom is -0.494 e. The van der Waals surface area contributed by atoms with Crippen molar-refractivity contribution in [3.63, 3.8) is 0 Å². The average Bonchev–Trinajstić information content (AvgIpc) is 2.66. The Balaban J connectivity index is 1.94. The fourth-order valence-corrected chi connectivity index (χ4v) is 3.03. The summed E-state index contributed by atoms with van der Waals surface area (Å²) >= 11 is 0. The van der Waals surface area contributed by atoms with Crippen molar-refractivity contribution in [3.05, 3.63) is 71.2 Å². The van der Waals surface area contributed by atoms with Crippen LogP contribution in [0, 0.1) is 5.82 Å². The standard InChI is InChI=1S/C22H23FN2O2/c1-14(2)20-12-17(16-7-5-6-8-19(16)24-20)22(26)25(3)13-15-9-10-21(27-4)18(23)11-15/h5-12,14H,13H2,1-4H3. The maximum absolute atomic E-state index is 13.9. The second-order valence-corrected chi connectivity index (χ2v) is 6.90. The molecule has 2 aromatic carbocycles. The van der Waals surface area contributed by atoms with Crippen molar-refractivity contribution in [2.75, 3.05) is 14.2 Å². The van der Waals surface area contributed by atoms with Crippen molar-refractivity contribution in [3.8, 4) is 5.75 Å². The van der Waals surface area contributed by atoms with E-state index in [-0.39, 0.29) is 17.6 Å². The van der Waals surface area contributed by atoms with Gasteiger partial charge in [-0.25, -0.2) is 4.39 Å². The van der Waals surface area contributed by atoms with Gasteiger partial charge in [-0.2, -0.15) is 0 Å². The number of pyridine rings is 1. The van der Waals surface area contributed by atoms with Gasteiger partial charge in [0.1, 0.15) is 0 Å². The second-order valence-electron chi connectivity index (χ2n) is 6.90. The van der Waals surface area contributed by atoms with Gasteiger partial charge in [-0.15, -0.1) is 0 Å². The summed E-state index contributed by atoms with van der Waals surface area (Å²) in [5, 5.41) is 0.819. The molecule has 27 heavy (non-hydrogen) atoms. The second kappa shape index (κ2) is 7.74. The van der Waals surface area contributed by atoms with Crippen LogP contribution in [0.3, 0.4) is 0 Å². The maximum atomic E-state index is 13.9. The van der Waals surface area contributed by atoms with Gasteiger partial charge in [0, 0.05) is 24.7 Å². The van der Waals surface area contributed by atoms with Gasteiger partial charge in [-0.3, -0.25) is 9.78 Å². The molecule has 4 nitrogen and oxygen atoms in total. The average molecular weight is 366 g/mol. The number of fused-ring (bicyclic) bond motifs is 1. The number of methoxy groups -OCH3 is 1. The van der Waals surface area contributed by atoms with Crippen LogP contribution >= 0.6 is 0 Å². The van der Waals surface area contributed by atoms with E-state index < -0.39 is 5.82 Å². The number of hydrogen-bond acceptors (Lipinski definition) is 3. The Bertz CT molecular complexity index is 985. The molecule has 0 aliphatic heterocycles. The summed E-state index contributed by atoms with van der Waals surface area (Å²) in [5.74, 6) is -0.157. The Morgan fingerprint density at radius 3 is 2.59 bits per heavy atom. The summed E-state index contributed by atoms with van der Waals surface area (Å²) in [4.78, 5) is 19.4. The van der Waals surface area contributed by atoms with Crippen molar-refractivity contribution >= 4 is 16.8 Å². The third-order valence-electron chi connectivity index (χ3n) is 4.54. The Hall–Kier alpha value is -2.95. The highest BCUT2D eigenvalue weighted by Crippen LogP contribution is 2.24. The maximum Gasteiger partial charge on any atom is 0.254 e. The molecule has 0 atom stereocenters. The van der Waals surface area contributed by atoms with Gasteiger partial charge in [0.25, 0.3) is 5.91 Å². The molecular formula is C22H23FN2O2. The first-order valence-electron chi connectivity index (χ1n) is 8.88. The van der Waals surface area contributed by atoms with Gasteiger partial charge in [0.15, 0.2) is 11.6 Å². The molecule has 1 aromatic heterocycles. The number of benzene rings is 2. The Kier molecular flexibility index (Phi) is 5.40. The zero-order chi connectivity index (χ0) is 19.6. The molecule has 0 radical (unpaired) electrons. The van der Waals surface area contributed by atoms with Crippen LogP contribution in [0.5, 0.6) is 5.75 Å². The topological polar surface area (TPSA) is 42.4 Å². The van der Waals surface area contributed by atoms with Crippen LogP contribution in [0.25, 0.3) is 10.9 Å². The van der Waals surface area contributed by atoms with Crippen LogP contribution in [0.4, 0.5) is 4.39 Å². The highest BCUT2D eigenvalue weighted by molar-refractivity contribution is 6.06. The van der Waals surface area contributed by atoms with Crippen LogP contribution in [0.2, 0.25) is 0 Å². The molecule has 3 rings (SSSR count). The largest absolute Gasteiger partial charge is 0.494 e. The van der Waals surface area contributed by atoms with Crippen molar-refractivity contribution in [1.82, 2.24) is 9.88 Å². The summed E-state index contributed by atoms with van der Waals surface area (Å²) in [6.07, 6.45) is 0. The molecule has 140 valence electrons. The Labute approximate surface area is 158 Å². The van der Waals surface area contributed by atoms with Crippen LogP contribution in [-0.2, 0) is 6.54 Å². The first-order valence-corrected chi connectivity index (χ1v) is 8.88. The van der Waals surface area contributed by atoms with E-state index in [1.165, 1.54) is 13.2 Å². The fraction of sp³-hybridized carbons (Fsp3) is 0.273. The number of rotatable bonds is 5. The van der Waals surface area contributed by atoms with E-state index in [9.17, 15) is 9.18 Å². The molecule has 0 saturated heterocycles. The smallest absolute Gasteiger partial charge is 0.254 e. The monoisotopic (exact) mass is 366 g/mol. The van der Waals surface area contributed by atoms with E-state index in [1.54, 1.807) is 24.1 Å². The summed E-state index contributed by atoms with van der Waals surface area (Å²) in [7, 11) is 3.14. The summed E-state index contributed by atoms with van der Waals surface area (Å²) in [6, 6.07) is 14.2. The minimum atomic E-state index is -0.438. The molecule has 1 heterocycles. The number of para-hydroxylation sites is 1. The summed E-state index contributed by atoms with van der Waals surface area (Å²) in [5.41, 5.74) is 2.99. The summed E-state index contributed by atoms with van der Waals surface area (Å²) in [6.45, 7) is 4.40. The van der Waals surface area contributed by atoms with Crippen molar-refractivity contribution in [2.45, 2.75) is 26.3 Å². The lowest BCUT2D eigenvalue weighted by atomic mass is 10.0. The number of carbonyl (C=O) groups excluding carboxylic acids is 1. The number of nitrogens with zero attached hydrogens (tertiary/aromatic N) is 2. The number of carbonyl (C=O) groups is 1. The van der Waals surface area contributed by atoms with Gasteiger partial charge < -0.3 is 9.64 Å². The quantitative estimate of drug-likeness (QED) is 0.653. The molecule has 0 fully saturated rings. The first kappa shape index (κ1) is 18.8. The van der Waals surface area contributed by atoms with Gasteiger partial charge >= 0.3 is 0 Å². The highest BCUT2D eigenvalue weighted by atomic mass is 19.1. The molecular weight excluding hydrogens is 343 g/mol. The molecule has 3 aromatic rings. The number of halogens is 1. The van der Waals surface area contributed by atoms with Crippen molar-refractivity contribution in [2.24, 2.45) is 0 Å². The highest BCUT2D eigenvalue weighted by Gasteiger charge is 2.18. The molecule has 0 aliphatic rings. The lowest BCUT2D eigenvalue weighted by molar-refractivity contribution is 0.0786. The minimum absolute atomic E-state index is 0.119. The first-order chi connectivity index (χ1) is 12.9. The van der Waals surface area contributed by atoms with Gasteiger partial charge in [0.2, 0.25) is 0 Å². The SMILES string of the molecule is COc1ccc(CN(C)C(=O)c2cc(C(C)C)nc3ccccc23)cc1F. The zero-order valence-electron chi connectivity index (χ0n) is 16.0. The number of hydrogen-bond donors (Lipinski definition) is 0. The predicted molar refractivity (Wildman–Crippen MR) is 105 cm³/mol. The number of ether oxygens (including phenoxy) is 1. The van der Waals surface area contributed by atoms with E-state index in [1.807, 2.05) is 30.3 Å². The van der Waals surface area contributed by atoms with E-state index in [2.05, 4.69) is 18.8 Å². The molecule has 0 N–H and O–H groups in total. The molecule has 0 aliphatic carbocycles. The van der Waals surface area contributed by atoms with Crippen LogP contribution in [0.1, 0.15) is 41.4 Å². The Morgan fingerprint density at radius 1 is 1.19 bits per heavy atom. The van der Waals surface area contributed by atoms with E-state index >= 15 is 0 Å². The predicted octanol–water partition coefficient (Wildman–Crippen LogP) is 4.78. The molecule has 0 spiro atoms. The van der Waals surface area contributed by atoms with Crippen molar-refractivity contribution < 1.29 is 13.9 Å². The van der Waals surface area contributed by atoms with E-state index in [0.717, 1.165) is 16.6 Å². The van der Waals surface area contributed by atoms with Gasteiger partial charge in [-0.1, -0.05) is 38.1 Å². The summed E-state index contributed by atoms with van der Waals surface area (Å²) < 4.78 is 18.9. The third-order valence-corrected chi connectivity index (χ3v) is 4.54. The molecule has 0 bridgehead atoms. The van der Waals surface area contributed by atoms with Gasteiger partial charge in [0.05, 0.1) is 18.2 Å². The number of amides is 1. The molecule has 0 unspecified atom stereocenters. The molecule has 0 saturated carbocycles. The Morgan fingerprint density at radius 2 is 1.93 bits per heavy atom. The number of aromatic nitrogens is 1. The fourth-order valence-electron chi connectivity index (χ4n) is 3.03. The third kappa shape index (κ3) is 3.92. The van der Waals surface area contributed by atoms with E-state index in [0.29, 0.717) is 17.7 Å². The van der Waals surface area contributed by atoms with Crippen LogP contribution in [-0.4, -0.2) is 29.9 Å². The van der Waals surface area contributed by atoms with Crippen molar-refractivity contribution in [1.29, 1.82) is 0 Å². The van der Waals surface area contributed by atoms with Gasteiger partial charge in [-0.05, 0) is 35.7 Å². The van der Waals surface area contributed by atoms with Crippen LogP contribution < -0.4 is 4.74 Å². The molecule has 1 amide bonds. The normalized spacial score (nSPS) is 11.0. The lowest BCUT2D eigenvalue weighted by Crippen LogP contribution is -2.26. The molecule has 5 heteroatoms. The lowest BCUT2D eigenvalue weighted by Gasteiger charge is -2.20. The van der Waals surface area contributed by atoms with E-state index in [4.69, 9.17) is 4.74 Å².